The molecule has 6 nitrogen and oxygen atoms in total. The Bertz CT molecular complexity index is 1490. The van der Waals surface area contributed by atoms with Crippen LogP contribution in [-0.4, -0.2) is 37.2 Å². The maximum Gasteiger partial charge on any atom is 0.306 e. The monoisotopic (exact) mass is 1130 g/mol. The molecule has 0 aromatic carbocycles. The Hall–Kier alpha value is -3.15. The van der Waals surface area contributed by atoms with E-state index in [1.165, 1.54) is 231 Å². The summed E-state index contributed by atoms with van der Waals surface area (Å²) in [4.78, 5) is 38.3. The molecule has 0 rings (SSSR count). The number of ether oxygens (including phenoxy) is 3. The molecule has 6 heteroatoms. The Morgan fingerprint density at radius 2 is 0.481 bits per heavy atom. The van der Waals surface area contributed by atoms with Crippen molar-refractivity contribution in [2.75, 3.05) is 13.2 Å². The van der Waals surface area contributed by atoms with Crippen LogP contribution in [0.4, 0.5) is 0 Å². The SMILES string of the molecule is CC/C=C\C/C=C\C/C=C\C/C=C\C/C=C\C/C=C\CCCCCCCCCCCCCCCCCCC(=O)OCC(COC(=O)CCCCCCCCCCCCCCCC)OC(=O)CCCCCCCCCCCCCCCC. The molecule has 0 radical (unpaired) electrons. The van der Waals surface area contributed by atoms with Crippen LogP contribution in [0.2, 0.25) is 0 Å². The van der Waals surface area contributed by atoms with Crippen LogP contribution in [0.15, 0.2) is 72.9 Å². The highest BCUT2D eigenvalue weighted by atomic mass is 16.6. The van der Waals surface area contributed by atoms with Gasteiger partial charge in [0.15, 0.2) is 6.10 Å². The first-order valence-corrected chi connectivity index (χ1v) is 35.4. The molecule has 0 N–H and O–H groups in total. The van der Waals surface area contributed by atoms with Crippen molar-refractivity contribution in [3.8, 4) is 0 Å². The van der Waals surface area contributed by atoms with E-state index in [9.17, 15) is 14.4 Å². The average molecular weight is 1130 g/mol. The zero-order valence-corrected chi connectivity index (χ0v) is 54.1. The lowest BCUT2D eigenvalue weighted by Crippen LogP contribution is -2.30. The number of esters is 3. The van der Waals surface area contributed by atoms with Crippen molar-refractivity contribution in [1.29, 1.82) is 0 Å². The first-order chi connectivity index (χ1) is 40.0. The van der Waals surface area contributed by atoms with Crippen molar-refractivity contribution in [2.45, 2.75) is 374 Å². The fraction of sp³-hybridized carbons (Fsp3) is 0.800. The highest BCUT2D eigenvalue weighted by Crippen LogP contribution is 2.18. The summed E-state index contributed by atoms with van der Waals surface area (Å²) < 4.78 is 17.0. The maximum absolute atomic E-state index is 12.9. The number of carbonyl (C=O) groups is 3. The van der Waals surface area contributed by atoms with Gasteiger partial charge in [0, 0.05) is 19.3 Å². The highest BCUT2D eigenvalue weighted by molar-refractivity contribution is 5.71. The molecule has 1 atom stereocenters. The fourth-order valence-corrected chi connectivity index (χ4v) is 10.5. The predicted molar refractivity (Wildman–Crippen MR) is 353 cm³/mol. The van der Waals surface area contributed by atoms with E-state index in [0.717, 1.165) is 96.3 Å². The third kappa shape index (κ3) is 67.5. The van der Waals surface area contributed by atoms with Gasteiger partial charge in [-0.15, -0.1) is 0 Å². The molecular weight excluding hydrogens is 997 g/mol. The second-order valence-corrected chi connectivity index (χ2v) is 23.8. The number of rotatable bonds is 65. The minimum atomic E-state index is -0.769. The molecule has 81 heavy (non-hydrogen) atoms. The van der Waals surface area contributed by atoms with Crippen LogP contribution < -0.4 is 0 Å². The van der Waals surface area contributed by atoms with Gasteiger partial charge in [0.25, 0.3) is 0 Å². The Morgan fingerprint density at radius 3 is 0.753 bits per heavy atom. The van der Waals surface area contributed by atoms with Gasteiger partial charge in [-0.1, -0.05) is 351 Å². The largest absolute Gasteiger partial charge is 0.462 e. The van der Waals surface area contributed by atoms with Gasteiger partial charge in [0.2, 0.25) is 0 Å². The molecule has 1 unspecified atom stereocenters. The van der Waals surface area contributed by atoms with Gasteiger partial charge < -0.3 is 14.2 Å². The van der Waals surface area contributed by atoms with Crippen molar-refractivity contribution in [3.63, 3.8) is 0 Å². The molecule has 0 aliphatic carbocycles. The number of allylic oxidation sites excluding steroid dienone is 12. The highest BCUT2D eigenvalue weighted by Gasteiger charge is 2.19. The topological polar surface area (TPSA) is 78.9 Å². The Kier molecular flexibility index (Phi) is 66.6. The molecule has 0 aromatic rings. The number of unbranched alkanes of at least 4 members (excludes halogenated alkanes) is 42. The van der Waals surface area contributed by atoms with Crippen LogP contribution in [0.1, 0.15) is 367 Å². The molecule has 0 saturated carbocycles. The minimum absolute atomic E-state index is 0.0670. The van der Waals surface area contributed by atoms with Gasteiger partial charge in [-0.05, 0) is 70.6 Å². The Labute approximate surface area is 503 Å². The van der Waals surface area contributed by atoms with E-state index in [1.807, 2.05) is 0 Å². The molecule has 0 aliphatic rings. The minimum Gasteiger partial charge on any atom is -0.462 e. The molecule has 0 aromatic heterocycles. The van der Waals surface area contributed by atoms with Crippen LogP contribution in [-0.2, 0) is 28.6 Å². The lowest BCUT2D eigenvalue weighted by Gasteiger charge is -2.18. The molecule has 0 heterocycles. The molecule has 0 saturated heterocycles. The summed E-state index contributed by atoms with van der Waals surface area (Å²) in [5.74, 6) is -0.842. The smallest absolute Gasteiger partial charge is 0.306 e. The standard InChI is InChI=1S/C75H134O6/c1-4-7-10-13-16-19-22-25-28-29-30-31-32-33-34-35-36-37-38-39-40-41-42-43-44-45-46-47-48-51-53-56-59-62-65-68-74(77)80-71-72(81-75(78)69-66-63-60-57-54-50-27-24-21-18-15-12-9-6-3)70-79-73(76)67-64-61-58-55-52-49-26-23-20-17-14-11-8-5-2/h7,10,16,19,25,28,30-31,33-34,36-37,72H,4-6,8-9,11-15,17-18,20-24,26-27,29,32,35,38-71H2,1-3H3/b10-7-,19-16-,28-25-,31-30-,34-33-,37-36-. The lowest BCUT2D eigenvalue weighted by atomic mass is 10.0. The summed E-state index contributed by atoms with van der Waals surface area (Å²) in [6, 6.07) is 0. The van der Waals surface area contributed by atoms with E-state index in [-0.39, 0.29) is 31.1 Å². The predicted octanol–water partition coefficient (Wildman–Crippen LogP) is 24.4. The average Bonchev–Trinajstić information content (AvgIpc) is 3.47. The first-order valence-electron chi connectivity index (χ1n) is 35.4. The van der Waals surface area contributed by atoms with Crippen LogP contribution >= 0.6 is 0 Å². The van der Waals surface area contributed by atoms with E-state index in [4.69, 9.17) is 14.2 Å². The molecule has 470 valence electrons. The zero-order valence-electron chi connectivity index (χ0n) is 54.1. The summed E-state index contributed by atoms with van der Waals surface area (Å²) in [5, 5.41) is 0. The summed E-state index contributed by atoms with van der Waals surface area (Å²) in [5.41, 5.74) is 0. The molecule has 0 fully saturated rings. The first kappa shape index (κ1) is 77.9. The number of carbonyl (C=O) groups excluding carboxylic acids is 3. The summed E-state index contributed by atoms with van der Waals surface area (Å²) in [6.45, 7) is 6.58. The van der Waals surface area contributed by atoms with Gasteiger partial charge in [-0.3, -0.25) is 14.4 Å². The third-order valence-electron chi connectivity index (χ3n) is 15.7. The fourth-order valence-electron chi connectivity index (χ4n) is 10.5. The second kappa shape index (κ2) is 69.3. The van der Waals surface area contributed by atoms with E-state index in [1.54, 1.807) is 0 Å². The van der Waals surface area contributed by atoms with E-state index in [2.05, 4.69) is 93.7 Å². The molecule has 0 spiro atoms. The van der Waals surface area contributed by atoms with Crippen LogP contribution in [0, 0.1) is 0 Å². The maximum atomic E-state index is 12.9. The number of hydrogen-bond donors (Lipinski definition) is 0. The van der Waals surface area contributed by atoms with Crippen LogP contribution in [0.25, 0.3) is 0 Å². The third-order valence-corrected chi connectivity index (χ3v) is 15.7. The van der Waals surface area contributed by atoms with Crippen molar-refractivity contribution < 1.29 is 28.6 Å². The van der Waals surface area contributed by atoms with Gasteiger partial charge in [-0.25, -0.2) is 0 Å². The van der Waals surface area contributed by atoms with Gasteiger partial charge >= 0.3 is 17.9 Å². The van der Waals surface area contributed by atoms with Gasteiger partial charge in [0.05, 0.1) is 0 Å². The van der Waals surface area contributed by atoms with E-state index < -0.39 is 6.10 Å². The van der Waals surface area contributed by atoms with Crippen molar-refractivity contribution in [1.82, 2.24) is 0 Å². The van der Waals surface area contributed by atoms with E-state index >= 15 is 0 Å². The van der Waals surface area contributed by atoms with Crippen molar-refractivity contribution in [3.05, 3.63) is 72.9 Å². The van der Waals surface area contributed by atoms with Gasteiger partial charge in [0.1, 0.15) is 13.2 Å². The number of hydrogen-bond acceptors (Lipinski definition) is 6. The molecule has 0 amide bonds. The summed E-state index contributed by atoms with van der Waals surface area (Å²) in [6.07, 6.45) is 90.8. The molecule has 0 aliphatic heterocycles. The molecular formula is C75H134O6. The quantitative estimate of drug-likeness (QED) is 0.0261. The zero-order chi connectivity index (χ0) is 58.5. The second-order valence-electron chi connectivity index (χ2n) is 23.8. The normalized spacial score (nSPS) is 12.5. The molecule has 0 bridgehead atoms. The Morgan fingerprint density at radius 1 is 0.259 bits per heavy atom. The van der Waals surface area contributed by atoms with Gasteiger partial charge in [-0.2, -0.15) is 0 Å². The van der Waals surface area contributed by atoms with Crippen molar-refractivity contribution >= 4 is 17.9 Å². The van der Waals surface area contributed by atoms with Crippen molar-refractivity contribution in [2.24, 2.45) is 0 Å². The van der Waals surface area contributed by atoms with Crippen LogP contribution in [0.5, 0.6) is 0 Å². The lowest BCUT2D eigenvalue weighted by molar-refractivity contribution is -0.167. The summed E-state index contributed by atoms with van der Waals surface area (Å²) >= 11 is 0. The van der Waals surface area contributed by atoms with Crippen LogP contribution in [0.3, 0.4) is 0 Å². The Balaban J connectivity index is 4.11. The van der Waals surface area contributed by atoms with E-state index in [0.29, 0.717) is 19.3 Å². The summed E-state index contributed by atoms with van der Waals surface area (Å²) in [7, 11) is 0.